The molecule has 0 aliphatic heterocycles. The van der Waals surface area contributed by atoms with Crippen molar-refractivity contribution in [1.29, 1.82) is 0 Å². The molecule has 0 N–H and O–H groups in total. The van der Waals surface area contributed by atoms with Gasteiger partial charge in [0.05, 0.1) is 6.04 Å². The van der Waals surface area contributed by atoms with Crippen LogP contribution in [0, 0.1) is 0 Å². The standard InChI is InChI=1S/C56H43N3S2/c1-57-55-49(41-27-31-47(32-28-41)58(43-16-6-2-7-17-43)44-18-8-3-9-19-44)35-36-50(56(55)60-39-40-26-37-54-52(38-40)51-24-14-15-25-53(51)61-54)42-29-33-48(34-30-42)59(45-20-10-4-11-21-45)46-22-12-5-13-23-46/h2-38,49,55H,1,39H2. The zero-order valence-electron chi connectivity index (χ0n) is 33.6. The summed E-state index contributed by atoms with van der Waals surface area (Å²) in [6, 6.07) is 75.8. The number of benzene rings is 8. The topological polar surface area (TPSA) is 18.8 Å². The molecule has 1 heterocycles. The molecule has 1 aromatic heterocycles. The zero-order chi connectivity index (χ0) is 41.0. The highest BCUT2D eigenvalue weighted by atomic mass is 32.2. The Morgan fingerprint density at radius 2 is 0.967 bits per heavy atom. The number of aliphatic imine (C=N–C) groups is 1. The Labute approximate surface area is 366 Å². The third-order valence-corrected chi connectivity index (χ3v) is 13.8. The molecule has 294 valence electrons. The van der Waals surface area contributed by atoms with Gasteiger partial charge >= 0.3 is 0 Å². The lowest BCUT2D eigenvalue weighted by Gasteiger charge is -2.31. The van der Waals surface area contributed by atoms with Crippen molar-refractivity contribution in [2.24, 2.45) is 4.99 Å². The van der Waals surface area contributed by atoms with Gasteiger partial charge in [0, 0.05) is 70.9 Å². The van der Waals surface area contributed by atoms with Crippen LogP contribution in [0.25, 0.3) is 25.7 Å². The molecule has 0 fully saturated rings. The fraction of sp³-hybridized carbons (Fsp3) is 0.0536. The Balaban J connectivity index is 1.01. The smallest absolute Gasteiger partial charge is 0.0909 e. The van der Waals surface area contributed by atoms with E-state index < -0.39 is 0 Å². The lowest BCUT2D eigenvalue weighted by molar-refractivity contribution is 0.714. The number of nitrogens with zero attached hydrogens (tertiary/aromatic N) is 3. The second-order valence-electron chi connectivity index (χ2n) is 15.2. The Kier molecular flexibility index (Phi) is 10.9. The second-order valence-corrected chi connectivity index (χ2v) is 17.3. The van der Waals surface area contributed by atoms with E-state index in [0.717, 1.165) is 45.4 Å². The summed E-state index contributed by atoms with van der Waals surface area (Å²) in [5.41, 5.74) is 11.5. The van der Waals surface area contributed by atoms with Crippen molar-refractivity contribution in [3.8, 4) is 0 Å². The number of anilines is 6. The first kappa shape index (κ1) is 38.3. The van der Waals surface area contributed by atoms with Crippen LogP contribution in [0.15, 0.2) is 234 Å². The first-order chi connectivity index (χ1) is 30.2. The quantitative estimate of drug-likeness (QED) is 0.114. The van der Waals surface area contributed by atoms with Crippen LogP contribution in [0.3, 0.4) is 0 Å². The molecule has 2 atom stereocenters. The van der Waals surface area contributed by atoms with E-state index in [1.807, 2.05) is 23.1 Å². The summed E-state index contributed by atoms with van der Waals surface area (Å²) in [4.78, 5) is 10.8. The number of fused-ring (bicyclic) bond motifs is 3. The van der Waals surface area contributed by atoms with Crippen LogP contribution >= 0.6 is 23.1 Å². The maximum atomic E-state index is 4.94. The van der Waals surface area contributed by atoms with E-state index in [9.17, 15) is 0 Å². The van der Waals surface area contributed by atoms with Crippen LogP contribution in [0.5, 0.6) is 0 Å². The van der Waals surface area contributed by atoms with Gasteiger partial charge in [-0.2, -0.15) is 0 Å². The summed E-state index contributed by atoms with van der Waals surface area (Å²) in [5.74, 6) is 0.843. The van der Waals surface area contributed by atoms with Gasteiger partial charge in [-0.25, -0.2) is 0 Å². The Morgan fingerprint density at radius 3 is 1.51 bits per heavy atom. The minimum Gasteiger partial charge on any atom is -0.311 e. The van der Waals surface area contributed by atoms with Crippen molar-refractivity contribution in [3.05, 3.63) is 246 Å². The molecule has 0 saturated heterocycles. The van der Waals surface area contributed by atoms with Gasteiger partial charge in [0.1, 0.15) is 0 Å². The van der Waals surface area contributed by atoms with Gasteiger partial charge in [-0.15, -0.1) is 23.1 Å². The largest absolute Gasteiger partial charge is 0.311 e. The highest BCUT2D eigenvalue weighted by molar-refractivity contribution is 8.02. The number of para-hydroxylation sites is 4. The lowest BCUT2D eigenvalue weighted by Crippen LogP contribution is -2.21. The summed E-state index contributed by atoms with van der Waals surface area (Å²) < 4.78 is 2.65. The minimum absolute atomic E-state index is 0.0222. The molecule has 0 saturated carbocycles. The molecule has 0 radical (unpaired) electrons. The summed E-state index contributed by atoms with van der Waals surface area (Å²) in [7, 11) is 0. The number of hydrogen-bond acceptors (Lipinski definition) is 5. The number of allylic oxidation sites excluding steroid dienone is 2. The van der Waals surface area contributed by atoms with E-state index in [4.69, 9.17) is 4.99 Å². The summed E-state index contributed by atoms with van der Waals surface area (Å²) >= 11 is 3.75. The van der Waals surface area contributed by atoms with Crippen molar-refractivity contribution >= 4 is 89.7 Å². The van der Waals surface area contributed by atoms with Gasteiger partial charge in [-0.1, -0.05) is 133 Å². The van der Waals surface area contributed by atoms with E-state index in [1.165, 1.54) is 41.8 Å². The van der Waals surface area contributed by atoms with Crippen molar-refractivity contribution in [2.75, 3.05) is 9.80 Å². The van der Waals surface area contributed by atoms with Gasteiger partial charge in [-0.3, -0.25) is 4.99 Å². The van der Waals surface area contributed by atoms with Crippen molar-refractivity contribution in [1.82, 2.24) is 0 Å². The molecule has 10 rings (SSSR count). The van der Waals surface area contributed by atoms with Crippen LogP contribution in [0.1, 0.15) is 22.6 Å². The van der Waals surface area contributed by atoms with Crippen molar-refractivity contribution in [2.45, 2.75) is 17.7 Å². The molecule has 5 heteroatoms. The molecular formula is C56H43N3S2. The fourth-order valence-corrected chi connectivity index (χ4v) is 10.8. The Bertz CT molecular complexity index is 2900. The highest BCUT2D eigenvalue weighted by Gasteiger charge is 2.30. The van der Waals surface area contributed by atoms with Crippen molar-refractivity contribution in [3.63, 3.8) is 0 Å². The molecule has 0 amide bonds. The maximum Gasteiger partial charge on any atom is 0.0909 e. The highest BCUT2D eigenvalue weighted by Crippen LogP contribution is 2.46. The molecule has 0 bridgehead atoms. The first-order valence-corrected chi connectivity index (χ1v) is 22.4. The van der Waals surface area contributed by atoms with Crippen molar-refractivity contribution < 1.29 is 0 Å². The van der Waals surface area contributed by atoms with Gasteiger partial charge in [-0.05, 0) is 120 Å². The number of hydrogen-bond donors (Lipinski definition) is 0. The summed E-state index contributed by atoms with van der Waals surface area (Å²) in [6.45, 7) is 4.25. The molecule has 0 spiro atoms. The van der Waals surface area contributed by atoms with Gasteiger partial charge in [0.2, 0.25) is 0 Å². The van der Waals surface area contributed by atoms with E-state index in [1.54, 1.807) is 0 Å². The van der Waals surface area contributed by atoms with Gasteiger partial charge in [0.15, 0.2) is 0 Å². The van der Waals surface area contributed by atoms with Gasteiger partial charge < -0.3 is 9.80 Å². The van der Waals surface area contributed by atoms with Crippen LogP contribution < -0.4 is 9.80 Å². The molecule has 8 aromatic carbocycles. The predicted octanol–water partition coefficient (Wildman–Crippen LogP) is 16.1. The molecule has 1 aliphatic rings. The molecular weight excluding hydrogens is 779 g/mol. The van der Waals surface area contributed by atoms with Crippen LogP contribution in [-0.2, 0) is 5.75 Å². The molecule has 1 aliphatic carbocycles. The van der Waals surface area contributed by atoms with E-state index in [0.29, 0.717) is 0 Å². The third kappa shape index (κ3) is 7.82. The van der Waals surface area contributed by atoms with Crippen LogP contribution in [0.4, 0.5) is 34.1 Å². The predicted molar refractivity (Wildman–Crippen MR) is 265 cm³/mol. The maximum absolute atomic E-state index is 4.94. The second kappa shape index (κ2) is 17.4. The Morgan fingerprint density at radius 1 is 0.492 bits per heavy atom. The zero-order valence-corrected chi connectivity index (χ0v) is 35.2. The minimum atomic E-state index is -0.161. The molecule has 9 aromatic rings. The summed E-state index contributed by atoms with van der Waals surface area (Å²) in [5, 5.41) is 2.65. The average Bonchev–Trinajstić information content (AvgIpc) is 3.71. The number of rotatable bonds is 12. The molecule has 61 heavy (non-hydrogen) atoms. The first-order valence-electron chi connectivity index (χ1n) is 20.6. The fourth-order valence-electron chi connectivity index (χ4n) is 8.46. The number of thioether (sulfide) groups is 1. The van der Waals surface area contributed by atoms with E-state index >= 15 is 0 Å². The SMILES string of the molecule is C=NC1C(SCc2ccc3sc4ccccc4c3c2)=C(c2ccc(N(c3ccccc3)c3ccccc3)cc2)C=CC1c1ccc(N(c2ccccc2)c2ccccc2)cc1. The van der Waals surface area contributed by atoms with Gasteiger partial charge in [0.25, 0.3) is 0 Å². The Hall–Kier alpha value is -6.92. The molecule has 3 nitrogen and oxygen atoms in total. The van der Waals surface area contributed by atoms with E-state index in [2.05, 4.69) is 241 Å². The monoisotopic (exact) mass is 821 g/mol. The summed E-state index contributed by atoms with van der Waals surface area (Å²) in [6.07, 6.45) is 4.65. The number of thiophene rings is 1. The third-order valence-electron chi connectivity index (χ3n) is 11.4. The lowest BCUT2D eigenvalue weighted by atomic mass is 9.84. The normalized spacial score (nSPS) is 15.0. The molecule has 2 unspecified atom stereocenters. The van der Waals surface area contributed by atoms with Crippen LogP contribution in [-0.4, -0.2) is 12.8 Å². The average molecular weight is 822 g/mol. The van der Waals surface area contributed by atoms with E-state index in [-0.39, 0.29) is 12.0 Å². The van der Waals surface area contributed by atoms with Crippen LogP contribution in [0.2, 0.25) is 0 Å².